The van der Waals surface area contributed by atoms with Crippen LogP contribution >= 0.6 is 0 Å². The fraction of sp³-hybridized carbons (Fsp3) is 0.622. The fourth-order valence-corrected chi connectivity index (χ4v) is 7.19. The summed E-state index contributed by atoms with van der Waals surface area (Å²) < 4.78 is 77.4. The summed E-state index contributed by atoms with van der Waals surface area (Å²) in [6.07, 6.45) is 4.54. The van der Waals surface area contributed by atoms with Crippen LogP contribution in [0.15, 0.2) is 53.4 Å². The van der Waals surface area contributed by atoms with Crippen LogP contribution in [0, 0.1) is 23.5 Å². The van der Waals surface area contributed by atoms with E-state index in [0.717, 1.165) is 50.4 Å². The monoisotopic (exact) mass is 715 g/mol. The van der Waals surface area contributed by atoms with Crippen molar-refractivity contribution in [2.45, 2.75) is 104 Å². The first kappa shape index (κ1) is 41.9. The quantitative estimate of drug-likeness (QED) is 0.297. The van der Waals surface area contributed by atoms with Gasteiger partial charge in [0.1, 0.15) is 22.8 Å². The van der Waals surface area contributed by atoms with Crippen molar-refractivity contribution >= 4 is 22.0 Å². The first-order valence-corrected chi connectivity index (χ1v) is 18.0. The lowest BCUT2D eigenvalue weighted by Gasteiger charge is -2.33. The number of sulfone groups is 1. The maximum absolute atomic E-state index is 13.2. The van der Waals surface area contributed by atoms with Crippen molar-refractivity contribution in [3.63, 3.8) is 0 Å². The van der Waals surface area contributed by atoms with Crippen LogP contribution in [0.1, 0.15) is 88.0 Å². The van der Waals surface area contributed by atoms with Gasteiger partial charge in [-0.2, -0.15) is 0 Å². The lowest BCUT2D eigenvalue weighted by atomic mass is 9.91. The lowest BCUT2D eigenvalue weighted by Crippen LogP contribution is -2.42. The smallest absolute Gasteiger partial charge is 0.410 e. The Bertz CT molecular complexity index is 1430. The third-order valence-corrected chi connectivity index (χ3v) is 9.76. The van der Waals surface area contributed by atoms with Gasteiger partial charge in [0.15, 0.2) is 9.84 Å². The standard InChI is InChI=1S/C18H26FNO2.C17H24FNO4S.CH3F.CH4/c1-18(2,3)22-17(21)20-11-9-14(10-12-20)7-8-15-5-4-6-16(19)13-15;1-17(2,3)23-16(20)19-9-7-13(8-10-19)12-24(21,22)15-6-4-5-14(18)11-15;1-2;/h4-6,13-14H,7-12H2,1-3H3;4-6,11,13H,7-10,12H2,1-3H3;1H3;1H4/i;;1D;. The SMILES string of the molecule is C.CC(C)(C)OC(=O)N1CCC(CCc2cccc(F)c2)CC1.CC(C)(C)OC(=O)N1CCC(CS(=O)(=O)c2cccc(F)c2)CC1.[2H]CF. The molecule has 0 atom stereocenters. The van der Waals surface area contributed by atoms with Crippen molar-refractivity contribution in [2.24, 2.45) is 11.8 Å². The molecule has 2 fully saturated rings. The second kappa shape index (κ2) is 19.8. The Morgan fingerprint density at radius 1 is 0.796 bits per heavy atom. The van der Waals surface area contributed by atoms with Crippen molar-refractivity contribution in [3.05, 3.63) is 65.7 Å². The first-order chi connectivity index (χ1) is 22.8. The highest BCUT2D eigenvalue weighted by molar-refractivity contribution is 7.91. The number of piperidine rings is 2. The zero-order valence-corrected chi connectivity index (χ0v) is 30.0. The molecule has 2 saturated heterocycles. The Labute approximate surface area is 293 Å². The molecular weight excluding hydrogens is 657 g/mol. The van der Waals surface area contributed by atoms with E-state index < -0.39 is 34.0 Å². The maximum atomic E-state index is 13.2. The number of alkyl halides is 1. The second-order valence-electron chi connectivity index (χ2n) is 14.2. The van der Waals surface area contributed by atoms with E-state index in [0.29, 0.717) is 31.8 Å². The van der Waals surface area contributed by atoms with Gasteiger partial charge in [-0.1, -0.05) is 25.6 Å². The molecule has 2 heterocycles. The average molecular weight is 716 g/mol. The number of aryl methyl sites for hydroxylation is 1. The number of hydrogen-bond acceptors (Lipinski definition) is 6. The molecule has 278 valence electrons. The van der Waals surface area contributed by atoms with E-state index >= 15 is 0 Å². The molecule has 2 aromatic rings. The number of carbonyl (C=O) groups is 2. The fourth-order valence-electron chi connectivity index (χ4n) is 5.47. The van der Waals surface area contributed by atoms with Crippen LogP contribution in [0.3, 0.4) is 0 Å². The maximum Gasteiger partial charge on any atom is 0.410 e. The zero-order chi connectivity index (χ0) is 36.8. The first-order valence-electron chi connectivity index (χ1n) is 17.1. The van der Waals surface area contributed by atoms with E-state index in [1.54, 1.807) is 21.9 Å². The molecule has 8 nitrogen and oxygen atoms in total. The topological polar surface area (TPSA) is 93.2 Å². The van der Waals surface area contributed by atoms with Crippen LogP contribution < -0.4 is 0 Å². The number of likely N-dealkylation sites (tertiary alicyclic amines) is 2. The Morgan fingerprint density at radius 3 is 1.65 bits per heavy atom. The number of rotatable bonds is 6. The molecule has 0 spiro atoms. The van der Waals surface area contributed by atoms with Gasteiger partial charge in [-0.05, 0) is 128 Å². The molecule has 2 aromatic carbocycles. The summed E-state index contributed by atoms with van der Waals surface area (Å²) in [5.74, 6) is -0.203. The molecule has 2 amide bonds. The summed E-state index contributed by atoms with van der Waals surface area (Å²) in [6.45, 7) is 13.5. The predicted molar refractivity (Wildman–Crippen MR) is 188 cm³/mol. The lowest BCUT2D eigenvalue weighted by molar-refractivity contribution is 0.0174. The highest BCUT2D eigenvalue weighted by atomic mass is 32.2. The number of ether oxygens (including phenoxy) is 2. The number of carbonyl (C=O) groups excluding carboxylic acids is 2. The molecule has 0 unspecified atom stereocenters. The molecule has 2 aliphatic heterocycles. The molecule has 0 aliphatic carbocycles. The van der Waals surface area contributed by atoms with Gasteiger partial charge in [0.2, 0.25) is 0 Å². The van der Waals surface area contributed by atoms with Gasteiger partial charge in [0.25, 0.3) is 0 Å². The van der Waals surface area contributed by atoms with Gasteiger partial charge in [-0.15, -0.1) is 0 Å². The van der Waals surface area contributed by atoms with Gasteiger partial charge in [-0.3, -0.25) is 4.39 Å². The van der Waals surface area contributed by atoms with Gasteiger partial charge < -0.3 is 19.3 Å². The van der Waals surface area contributed by atoms with Crippen molar-refractivity contribution in [1.29, 1.82) is 0 Å². The van der Waals surface area contributed by atoms with Crippen LogP contribution in [-0.4, -0.2) is 80.7 Å². The molecule has 0 saturated carbocycles. The van der Waals surface area contributed by atoms with E-state index in [2.05, 4.69) is 0 Å². The molecule has 0 radical (unpaired) electrons. The molecule has 0 N–H and O–H groups in total. The number of halogens is 3. The average Bonchev–Trinajstić information content (AvgIpc) is 3.00. The molecule has 0 bridgehead atoms. The molecular formula is C37H57F3N2O6S. The minimum Gasteiger partial charge on any atom is -0.444 e. The molecule has 49 heavy (non-hydrogen) atoms. The third kappa shape index (κ3) is 16.3. The largest absolute Gasteiger partial charge is 0.444 e. The number of hydrogen-bond donors (Lipinski definition) is 0. The predicted octanol–water partition coefficient (Wildman–Crippen LogP) is 8.87. The Hall–Kier alpha value is -3.28. The van der Waals surface area contributed by atoms with Crippen LogP contribution in [0.25, 0.3) is 0 Å². The second-order valence-corrected chi connectivity index (χ2v) is 16.3. The van der Waals surface area contributed by atoms with Crippen molar-refractivity contribution in [1.82, 2.24) is 9.80 Å². The minimum absolute atomic E-state index is 0. The van der Waals surface area contributed by atoms with E-state index in [9.17, 15) is 31.2 Å². The van der Waals surface area contributed by atoms with Crippen LogP contribution in [-0.2, 0) is 25.7 Å². The van der Waals surface area contributed by atoms with Crippen molar-refractivity contribution in [3.8, 4) is 0 Å². The Morgan fingerprint density at radius 2 is 1.22 bits per heavy atom. The van der Waals surface area contributed by atoms with Crippen molar-refractivity contribution in [2.75, 3.05) is 39.1 Å². The summed E-state index contributed by atoms with van der Waals surface area (Å²) in [5, 5.41) is 0. The van der Waals surface area contributed by atoms with E-state index in [4.69, 9.17) is 10.8 Å². The molecule has 0 aromatic heterocycles. The van der Waals surface area contributed by atoms with Gasteiger partial charge in [0.05, 0.1) is 19.2 Å². The van der Waals surface area contributed by atoms with Gasteiger partial charge in [0, 0.05) is 26.2 Å². The van der Waals surface area contributed by atoms with Gasteiger partial charge in [-0.25, -0.2) is 26.8 Å². The van der Waals surface area contributed by atoms with Gasteiger partial charge >= 0.3 is 12.2 Å². The van der Waals surface area contributed by atoms with E-state index in [1.807, 2.05) is 47.6 Å². The molecule has 4 rings (SSSR count). The Kier molecular flexibility index (Phi) is 16.9. The molecule has 12 heteroatoms. The summed E-state index contributed by atoms with van der Waals surface area (Å²) in [7, 11) is -4.52. The third-order valence-electron chi connectivity index (χ3n) is 7.87. The van der Waals surface area contributed by atoms with Crippen LogP contribution in [0.2, 0.25) is 0 Å². The summed E-state index contributed by atoms with van der Waals surface area (Å²) in [6, 6.07) is 11.9. The number of amides is 2. The highest BCUT2D eigenvalue weighted by Crippen LogP contribution is 2.25. The summed E-state index contributed by atoms with van der Waals surface area (Å²) in [5.41, 5.74) is 0.0644. The molecule has 2 aliphatic rings. The van der Waals surface area contributed by atoms with E-state index in [-0.39, 0.29) is 42.0 Å². The number of benzene rings is 2. The zero-order valence-electron chi connectivity index (χ0n) is 30.1. The van der Waals surface area contributed by atoms with Crippen LogP contribution in [0.5, 0.6) is 0 Å². The van der Waals surface area contributed by atoms with E-state index in [1.165, 1.54) is 24.3 Å². The number of nitrogens with zero attached hydrogens (tertiary/aromatic N) is 2. The highest BCUT2D eigenvalue weighted by Gasteiger charge is 2.30. The Balaban J connectivity index is 0.000000456. The summed E-state index contributed by atoms with van der Waals surface area (Å²) >= 11 is 0. The summed E-state index contributed by atoms with van der Waals surface area (Å²) in [4.78, 5) is 27.4. The normalized spacial score (nSPS) is 16.1. The van der Waals surface area contributed by atoms with Crippen LogP contribution in [0.4, 0.5) is 22.8 Å². The van der Waals surface area contributed by atoms with Crippen molar-refractivity contribution < 1.29 is 42.0 Å². The minimum atomic E-state index is -3.52.